The minimum absolute atomic E-state index is 0.0281. The van der Waals surface area contributed by atoms with Crippen molar-refractivity contribution in [3.63, 3.8) is 0 Å². The maximum absolute atomic E-state index is 14.6. The first-order valence-corrected chi connectivity index (χ1v) is 10.4. The average molecular weight is 463 g/mol. The van der Waals surface area contributed by atoms with Gasteiger partial charge in [-0.2, -0.15) is 23.4 Å². The summed E-state index contributed by atoms with van der Waals surface area (Å²) in [7, 11) is 0. The highest BCUT2D eigenvalue weighted by Gasteiger charge is 2.35. The van der Waals surface area contributed by atoms with Crippen LogP contribution in [0.5, 0.6) is 5.88 Å². The Balaban J connectivity index is 1.56. The lowest BCUT2D eigenvalue weighted by molar-refractivity contribution is -0.137. The summed E-state index contributed by atoms with van der Waals surface area (Å²) < 4.78 is 58.5. The Kier molecular flexibility index (Phi) is 6.30. The molecule has 4 rings (SSSR count). The molecule has 1 amide bonds. The summed E-state index contributed by atoms with van der Waals surface area (Å²) in [5.41, 5.74) is -0.809. The molecule has 11 heteroatoms. The molecule has 33 heavy (non-hydrogen) atoms. The molecule has 7 nitrogen and oxygen atoms in total. The fourth-order valence-corrected chi connectivity index (χ4v) is 3.94. The van der Waals surface area contributed by atoms with Crippen LogP contribution >= 0.6 is 0 Å². The van der Waals surface area contributed by atoms with E-state index < -0.39 is 23.5 Å². The number of hydrogen-bond acceptors (Lipinski definition) is 5. The van der Waals surface area contributed by atoms with Gasteiger partial charge in [-0.3, -0.25) is 4.79 Å². The van der Waals surface area contributed by atoms with Gasteiger partial charge >= 0.3 is 6.18 Å². The fourth-order valence-electron chi connectivity index (χ4n) is 3.94. The normalized spacial score (nSPS) is 18.9. The molecule has 2 aromatic heterocycles. The van der Waals surface area contributed by atoms with Gasteiger partial charge in [0, 0.05) is 18.8 Å². The number of hydrogen-bond donors (Lipinski definition) is 0. The van der Waals surface area contributed by atoms with Crippen molar-refractivity contribution in [2.24, 2.45) is 5.92 Å². The van der Waals surface area contributed by atoms with Crippen LogP contribution in [0.4, 0.5) is 17.6 Å². The molecule has 1 aliphatic rings. The second-order valence-corrected chi connectivity index (χ2v) is 7.83. The van der Waals surface area contributed by atoms with E-state index in [0.29, 0.717) is 12.7 Å². The van der Waals surface area contributed by atoms with E-state index in [-0.39, 0.29) is 35.7 Å². The van der Waals surface area contributed by atoms with Gasteiger partial charge in [0.25, 0.3) is 5.91 Å². The lowest BCUT2D eigenvalue weighted by atomic mass is 9.90. The predicted molar refractivity (Wildman–Crippen MR) is 109 cm³/mol. The number of carbonyl (C=O) groups is 1. The first kappa shape index (κ1) is 22.7. The minimum Gasteiger partial charge on any atom is -0.475 e. The fraction of sp³-hybridized carbons (Fsp3) is 0.364. The molecule has 1 aliphatic heterocycles. The Labute approximate surface area is 187 Å². The number of alkyl halides is 3. The number of amides is 1. The van der Waals surface area contributed by atoms with Crippen LogP contribution in [-0.4, -0.2) is 50.0 Å². The molecule has 0 saturated carbocycles. The summed E-state index contributed by atoms with van der Waals surface area (Å²) in [4.78, 5) is 19.9. The number of rotatable bonds is 5. The van der Waals surface area contributed by atoms with Gasteiger partial charge in [0.1, 0.15) is 12.3 Å². The molecule has 0 unspecified atom stereocenters. The molecule has 0 bridgehead atoms. The molecule has 1 aromatic carbocycles. The van der Waals surface area contributed by atoms with Gasteiger partial charge in [-0.25, -0.2) is 9.37 Å². The lowest BCUT2D eigenvalue weighted by Crippen LogP contribution is -2.51. The van der Waals surface area contributed by atoms with E-state index >= 15 is 0 Å². The highest BCUT2D eigenvalue weighted by molar-refractivity contribution is 5.98. The van der Waals surface area contributed by atoms with Crippen LogP contribution in [0.25, 0.3) is 5.69 Å². The number of ether oxygens (including phenoxy) is 1. The number of aromatic nitrogens is 4. The third kappa shape index (κ3) is 4.81. The minimum atomic E-state index is -4.49. The molecule has 1 saturated heterocycles. The van der Waals surface area contributed by atoms with Crippen LogP contribution < -0.4 is 4.74 Å². The van der Waals surface area contributed by atoms with Gasteiger partial charge < -0.3 is 9.64 Å². The average Bonchev–Trinajstić information content (AvgIpc) is 3.31. The number of halogens is 4. The van der Waals surface area contributed by atoms with Gasteiger partial charge in [-0.15, -0.1) is 4.80 Å². The zero-order chi connectivity index (χ0) is 23.6. The maximum Gasteiger partial charge on any atom is 0.417 e. The standard InChI is InChI=1S/C22H21F4N5O2/c1-14-4-3-11-30(18(14)13-33-19-8-7-15(12-27-19)22(24,25)26)21(32)16-5-2-6-17(23)20(16)31-28-9-10-29-31/h2,5-10,12,14,18H,3-4,11,13H2,1H3/t14-,18-/m1/s1. The number of likely N-dealkylation sites (tertiary alicyclic amines) is 1. The topological polar surface area (TPSA) is 73.1 Å². The third-order valence-corrected chi connectivity index (χ3v) is 5.68. The van der Waals surface area contributed by atoms with Crippen molar-refractivity contribution in [3.8, 4) is 11.6 Å². The Morgan fingerprint density at radius 3 is 2.61 bits per heavy atom. The first-order valence-electron chi connectivity index (χ1n) is 10.4. The van der Waals surface area contributed by atoms with E-state index in [0.717, 1.165) is 29.8 Å². The molecule has 2 atom stereocenters. The first-order chi connectivity index (χ1) is 15.8. The summed E-state index contributed by atoms with van der Waals surface area (Å²) in [6.07, 6.45) is 0.591. The van der Waals surface area contributed by atoms with Crippen molar-refractivity contribution in [1.82, 2.24) is 24.9 Å². The van der Waals surface area contributed by atoms with E-state index in [1.54, 1.807) is 4.90 Å². The van der Waals surface area contributed by atoms with Crippen LogP contribution in [0, 0.1) is 11.7 Å². The van der Waals surface area contributed by atoms with E-state index in [1.165, 1.54) is 30.6 Å². The molecular formula is C22H21F4N5O2. The molecule has 174 valence electrons. The van der Waals surface area contributed by atoms with Gasteiger partial charge in [0.2, 0.25) is 5.88 Å². The quantitative estimate of drug-likeness (QED) is 0.532. The Hall–Kier alpha value is -3.50. The Morgan fingerprint density at radius 2 is 1.94 bits per heavy atom. The van der Waals surface area contributed by atoms with Gasteiger partial charge in [-0.05, 0) is 37.0 Å². The number of nitrogens with zero attached hydrogens (tertiary/aromatic N) is 5. The van der Waals surface area contributed by atoms with Crippen LogP contribution in [0.2, 0.25) is 0 Å². The largest absolute Gasteiger partial charge is 0.475 e. The SMILES string of the molecule is C[C@@H]1CCCN(C(=O)c2cccc(F)c2-n2nccn2)[C@@H]1COc1ccc(C(F)(F)F)cn1. The van der Waals surface area contributed by atoms with Crippen molar-refractivity contribution in [1.29, 1.82) is 0 Å². The van der Waals surface area contributed by atoms with E-state index in [2.05, 4.69) is 15.2 Å². The van der Waals surface area contributed by atoms with Gasteiger partial charge in [0.15, 0.2) is 5.82 Å². The molecular weight excluding hydrogens is 442 g/mol. The second kappa shape index (κ2) is 9.16. The van der Waals surface area contributed by atoms with Crippen LogP contribution in [0.3, 0.4) is 0 Å². The van der Waals surface area contributed by atoms with Crippen molar-refractivity contribution in [2.45, 2.75) is 32.0 Å². The molecule has 0 radical (unpaired) electrons. The second-order valence-electron chi connectivity index (χ2n) is 7.83. The lowest BCUT2D eigenvalue weighted by Gasteiger charge is -2.40. The molecule has 0 N–H and O–H groups in total. The number of para-hydroxylation sites is 1. The zero-order valence-electron chi connectivity index (χ0n) is 17.7. The highest BCUT2D eigenvalue weighted by Crippen LogP contribution is 2.30. The van der Waals surface area contributed by atoms with Crippen LogP contribution in [-0.2, 0) is 6.18 Å². The van der Waals surface area contributed by atoms with Crippen molar-refractivity contribution >= 4 is 5.91 Å². The molecule has 3 aromatic rings. The summed E-state index contributed by atoms with van der Waals surface area (Å²) in [6.45, 7) is 2.44. The van der Waals surface area contributed by atoms with Crippen molar-refractivity contribution < 1.29 is 27.1 Å². The summed E-state index contributed by atoms with van der Waals surface area (Å²) in [6, 6.07) is 5.85. The smallest absolute Gasteiger partial charge is 0.417 e. The highest BCUT2D eigenvalue weighted by atomic mass is 19.4. The molecule has 1 fully saturated rings. The third-order valence-electron chi connectivity index (χ3n) is 5.68. The van der Waals surface area contributed by atoms with Crippen molar-refractivity contribution in [3.05, 3.63) is 65.9 Å². The Morgan fingerprint density at radius 1 is 1.18 bits per heavy atom. The number of piperidine rings is 1. The predicted octanol–water partition coefficient (Wildman–Crippen LogP) is 4.14. The van der Waals surface area contributed by atoms with Crippen molar-refractivity contribution in [2.75, 3.05) is 13.2 Å². The Bertz CT molecular complexity index is 1100. The number of benzene rings is 1. The monoisotopic (exact) mass is 463 g/mol. The summed E-state index contributed by atoms with van der Waals surface area (Å²) in [5.74, 6) is -0.955. The zero-order valence-corrected chi connectivity index (χ0v) is 17.7. The number of carbonyl (C=O) groups excluding carboxylic acids is 1. The van der Waals surface area contributed by atoms with E-state index in [4.69, 9.17) is 4.74 Å². The van der Waals surface area contributed by atoms with E-state index in [9.17, 15) is 22.4 Å². The number of pyridine rings is 1. The summed E-state index contributed by atoms with van der Waals surface area (Å²) >= 11 is 0. The maximum atomic E-state index is 14.6. The summed E-state index contributed by atoms with van der Waals surface area (Å²) in [5, 5.41) is 7.90. The van der Waals surface area contributed by atoms with E-state index in [1.807, 2.05) is 6.92 Å². The van der Waals surface area contributed by atoms with Crippen LogP contribution in [0.15, 0.2) is 48.9 Å². The van der Waals surface area contributed by atoms with Gasteiger partial charge in [0.05, 0.1) is 29.6 Å². The molecule has 0 spiro atoms. The van der Waals surface area contributed by atoms with Crippen LogP contribution in [0.1, 0.15) is 35.7 Å². The van der Waals surface area contributed by atoms with Gasteiger partial charge in [-0.1, -0.05) is 13.0 Å². The molecule has 0 aliphatic carbocycles. The molecule has 3 heterocycles.